The third-order valence-electron chi connectivity index (χ3n) is 3.35. The molecule has 1 saturated heterocycles. The average molecular weight is 153 g/mol. The molecule has 0 bridgehead atoms. The molecule has 0 N–H and O–H groups in total. The van der Waals surface area contributed by atoms with Gasteiger partial charge in [-0.15, -0.1) is 0 Å². The molecule has 1 saturated carbocycles. The van der Waals surface area contributed by atoms with Gasteiger partial charge in [-0.2, -0.15) is 0 Å². The zero-order chi connectivity index (χ0) is 8.44. The van der Waals surface area contributed by atoms with Crippen LogP contribution >= 0.6 is 0 Å². The van der Waals surface area contributed by atoms with Gasteiger partial charge in [0.05, 0.1) is 10.8 Å². The molecule has 1 aliphatic carbocycles. The number of carbonyl (C=O) groups is 2. The molecule has 60 valence electrons. The predicted octanol–water partition coefficient (Wildman–Crippen LogP) is 0.401. The van der Waals surface area contributed by atoms with Crippen molar-refractivity contribution in [2.75, 3.05) is 7.05 Å². The number of nitrogens with zero attached hydrogens (tertiary/aromatic N) is 1. The normalized spacial score (nSPS) is 48.1. The Balaban J connectivity index is 2.49. The maximum atomic E-state index is 11.4. The van der Waals surface area contributed by atoms with Crippen LogP contribution < -0.4 is 0 Å². The zero-order valence-corrected chi connectivity index (χ0v) is 6.97. The minimum atomic E-state index is -0.362. The van der Waals surface area contributed by atoms with Crippen molar-refractivity contribution >= 4 is 11.8 Å². The Labute approximate surface area is 65.4 Å². The van der Waals surface area contributed by atoms with Crippen molar-refractivity contribution in [1.29, 1.82) is 0 Å². The highest BCUT2D eigenvalue weighted by Crippen LogP contribution is 2.68. The SMILES string of the molecule is CN1C(=O)C2(C)CC2(C)C1=O. The van der Waals surface area contributed by atoms with Crippen LogP contribution in [0, 0.1) is 10.8 Å². The Morgan fingerprint density at radius 1 is 1.18 bits per heavy atom. The first-order valence-corrected chi connectivity index (χ1v) is 3.76. The van der Waals surface area contributed by atoms with Crippen molar-refractivity contribution < 1.29 is 9.59 Å². The van der Waals surface area contributed by atoms with Gasteiger partial charge in [-0.25, -0.2) is 0 Å². The van der Waals surface area contributed by atoms with Gasteiger partial charge in [-0.05, 0) is 20.3 Å². The van der Waals surface area contributed by atoms with Gasteiger partial charge in [0.25, 0.3) is 0 Å². The van der Waals surface area contributed by atoms with Gasteiger partial charge in [-0.3, -0.25) is 14.5 Å². The number of likely N-dealkylation sites (tertiary alicyclic amines) is 1. The van der Waals surface area contributed by atoms with Crippen LogP contribution in [0.15, 0.2) is 0 Å². The van der Waals surface area contributed by atoms with E-state index in [9.17, 15) is 9.59 Å². The van der Waals surface area contributed by atoms with E-state index in [-0.39, 0.29) is 22.6 Å². The van der Waals surface area contributed by atoms with E-state index in [1.54, 1.807) is 7.05 Å². The summed E-state index contributed by atoms with van der Waals surface area (Å²) in [4.78, 5) is 24.0. The first-order chi connectivity index (χ1) is 4.93. The van der Waals surface area contributed by atoms with Gasteiger partial charge in [-0.1, -0.05) is 0 Å². The van der Waals surface area contributed by atoms with Crippen LogP contribution in [-0.4, -0.2) is 23.8 Å². The third kappa shape index (κ3) is 0.451. The Bertz CT molecular complexity index is 247. The highest BCUT2D eigenvalue weighted by molar-refractivity contribution is 6.13. The summed E-state index contributed by atoms with van der Waals surface area (Å²) >= 11 is 0. The van der Waals surface area contributed by atoms with E-state index >= 15 is 0 Å². The number of carbonyl (C=O) groups excluding carboxylic acids is 2. The van der Waals surface area contributed by atoms with Gasteiger partial charge in [0.2, 0.25) is 11.8 Å². The minimum Gasteiger partial charge on any atom is -0.285 e. The lowest BCUT2D eigenvalue weighted by Gasteiger charge is -2.10. The number of fused-ring (bicyclic) bond motifs is 1. The summed E-state index contributed by atoms with van der Waals surface area (Å²) in [5.41, 5.74) is -0.725. The van der Waals surface area contributed by atoms with Crippen LogP contribution in [-0.2, 0) is 9.59 Å². The summed E-state index contributed by atoms with van der Waals surface area (Å²) in [5.74, 6) is -0.0185. The van der Waals surface area contributed by atoms with Crippen LogP contribution in [0.4, 0.5) is 0 Å². The number of hydrogen-bond acceptors (Lipinski definition) is 2. The van der Waals surface area contributed by atoms with Crippen LogP contribution in [0.2, 0.25) is 0 Å². The minimum absolute atomic E-state index is 0.00926. The van der Waals surface area contributed by atoms with E-state index in [0.717, 1.165) is 6.42 Å². The molecule has 0 radical (unpaired) electrons. The second kappa shape index (κ2) is 1.36. The van der Waals surface area contributed by atoms with Crippen molar-refractivity contribution in [2.45, 2.75) is 20.3 Å². The fraction of sp³-hybridized carbons (Fsp3) is 0.750. The van der Waals surface area contributed by atoms with Crippen LogP contribution in [0.3, 0.4) is 0 Å². The second-order valence-electron chi connectivity index (χ2n) is 4.01. The summed E-state index contributed by atoms with van der Waals surface area (Å²) < 4.78 is 0. The molecule has 3 heteroatoms. The molecule has 2 unspecified atom stereocenters. The van der Waals surface area contributed by atoms with Crippen molar-refractivity contribution in [3.8, 4) is 0 Å². The van der Waals surface area contributed by atoms with E-state index in [2.05, 4.69) is 0 Å². The molecule has 0 aromatic carbocycles. The molecule has 0 spiro atoms. The van der Waals surface area contributed by atoms with Gasteiger partial charge >= 0.3 is 0 Å². The van der Waals surface area contributed by atoms with Gasteiger partial charge in [0, 0.05) is 7.05 Å². The Morgan fingerprint density at radius 3 is 1.73 bits per heavy atom. The topological polar surface area (TPSA) is 37.4 Å². The number of amides is 2. The molecule has 2 rings (SSSR count). The number of hydrogen-bond donors (Lipinski definition) is 0. The van der Waals surface area contributed by atoms with Crippen molar-refractivity contribution in [2.24, 2.45) is 10.8 Å². The molecular formula is C8H11NO2. The van der Waals surface area contributed by atoms with Crippen molar-refractivity contribution in [3.05, 3.63) is 0 Å². The summed E-state index contributed by atoms with van der Waals surface area (Å²) in [6.45, 7) is 3.74. The Kier molecular flexibility index (Phi) is 0.841. The van der Waals surface area contributed by atoms with Gasteiger partial charge in [0.15, 0.2) is 0 Å². The first kappa shape index (κ1) is 6.83. The molecule has 2 fully saturated rings. The number of piperidine rings is 1. The fourth-order valence-electron chi connectivity index (χ4n) is 2.12. The lowest BCUT2D eigenvalue weighted by molar-refractivity contribution is -0.141. The first-order valence-electron chi connectivity index (χ1n) is 3.76. The van der Waals surface area contributed by atoms with Crippen molar-refractivity contribution in [3.63, 3.8) is 0 Å². The Hall–Kier alpha value is -0.860. The molecule has 0 aromatic rings. The smallest absolute Gasteiger partial charge is 0.235 e. The molecular weight excluding hydrogens is 142 g/mol. The zero-order valence-electron chi connectivity index (χ0n) is 6.97. The number of imide groups is 1. The molecule has 2 aliphatic rings. The summed E-state index contributed by atoms with van der Waals surface area (Å²) in [6, 6.07) is 0. The molecule has 1 aliphatic heterocycles. The van der Waals surface area contributed by atoms with E-state index < -0.39 is 0 Å². The highest BCUT2D eigenvalue weighted by atomic mass is 16.2. The largest absolute Gasteiger partial charge is 0.285 e. The summed E-state index contributed by atoms with van der Waals surface area (Å²) in [6.07, 6.45) is 0.738. The van der Waals surface area contributed by atoms with Gasteiger partial charge in [0.1, 0.15) is 0 Å². The molecule has 3 nitrogen and oxygen atoms in total. The summed E-state index contributed by atoms with van der Waals surface area (Å²) in [5, 5.41) is 0. The predicted molar refractivity (Wildman–Crippen MR) is 38.6 cm³/mol. The molecule has 2 atom stereocenters. The van der Waals surface area contributed by atoms with E-state index in [1.807, 2.05) is 13.8 Å². The average Bonchev–Trinajstić information content (AvgIpc) is 2.49. The lowest BCUT2D eigenvalue weighted by atomic mass is 10.00. The van der Waals surface area contributed by atoms with Crippen LogP contribution in [0.25, 0.3) is 0 Å². The Morgan fingerprint density at radius 2 is 1.55 bits per heavy atom. The molecule has 1 heterocycles. The fourth-order valence-corrected chi connectivity index (χ4v) is 2.12. The molecule has 2 amide bonds. The van der Waals surface area contributed by atoms with Crippen LogP contribution in [0.1, 0.15) is 20.3 Å². The van der Waals surface area contributed by atoms with E-state index in [0.29, 0.717) is 0 Å². The molecule has 11 heavy (non-hydrogen) atoms. The van der Waals surface area contributed by atoms with E-state index in [1.165, 1.54) is 4.90 Å². The second-order valence-corrected chi connectivity index (χ2v) is 4.01. The van der Waals surface area contributed by atoms with Crippen molar-refractivity contribution in [1.82, 2.24) is 4.90 Å². The molecule has 0 aromatic heterocycles. The highest BCUT2D eigenvalue weighted by Gasteiger charge is 2.76. The monoisotopic (exact) mass is 153 g/mol. The quantitative estimate of drug-likeness (QED) is 0.472. The third-order valence-corrected chi connectivity index (χ3v) is 3.35. The lowest BCUT2D eigenvalue weighted by Crippen LogP contribution is -2.31. The van der Waals surface area contributed by atoms with E-state index in [4.69, 9.17) is 0 Å². The standard InChI is InChI=1S/C8H11NO2/c1-7-4-8(7,2)6(11)9(3)5(7)10/h4H2,1-3H3. The van der Waals surface area contributed by atoms with Crippen LogP contribution in [0.5, 0.6) is 0 Å². The summed E-state index contributed by atoms with van der Waals surface area (Å²) in [7, 11) is 1.56. The number of rotatable bonds is 0. The maximum absolute atomic E-state index is 11.4. The van der Waals surface area contributed by atoms with Gasteiger partial charge < -0.3 is 0 Å². The maximum Gasteiger partial charge on any atom is 0.235 e.